The van der Waals surface area contributed by atoms with Gasteiger partial charge in [0.2, 0.25) is 6.04 Å². The monoisotopic (exact) mass is 340 g/mol. The van der Waals surface area contributed by atoms with Crippen LogP contribution in [-0.4, -0.2) is 21.0 Å². The van der Waals surface area contributed by atoms with Gasteiger partial charge in [-0.05, 0) is 23.6 Å². The van der Waals surface area contributed by atoms with E-state index in [1.54, 1.807) is 12.1 Å². The number of aromatic hydroxyl groups is 1. The Balaban J connectivity index is 2.17. The molecule has 0 aliphatic carbocycles. The second-order valence-corrected chi connectivity index (χ2v) is 6.04. The first kappa shape index (κ1) is 15.5. The summed E-state index contributed by atoms with van der Waals surface area (Å²) in [6.45, 7) is 0. The minimum Gasteiger partial charge on any atom is -0.508 e. The van der Waals surface area contributed by atoms with Gasteiger partial charge in [0.25, 0.3) is 0 Å². The summed E-state index contributed by atoms with van der Waals surface area (Å²) in [5.74, 6) is 2.42. The fourth-order valence-corrected chi connectivity index (χ4v) is 3.49. The molecule has 4 nitrogen and oxygen atoms in total. The van der Waals surface area contributed by atoms with E-state index in [1.807, 2.05) is 47.3 Å². The molecule has 6 heteroatoms. The average molecular weight is 340 g/mol. The number of hydrogen-bond acceptors (Lipinski definition) is 4. The molecule has 1 aromatic heterocycles. The van der Waals surface area contributed by atoms with E-state index in [1.165, 1.54) is 0 Å². The highest BCUT2D eigenvalue weighted by molar-refractivity contribution is 7.82. The Morgan fingerprint density at radius 2 is 1.74 bits per heavy atom. The number of piperidine rings is 1. The van der Waals surface area contributed by atoms with Crippen LogP contribution in [0.4, 0.5) is 0 Å². The molecule has 114 valence electrons. The number of hydrogen-bond donors (Lipinski definition) is 3. The maximum atomic E-state index is 9.54. The number of nitrogens with one attached hydrogen (secondary N) is 2. The van der Waals surface area contributed by atoms with Crippen molar-refractivity contribution in [2.45, 2.75) is 12.0 Å². The summed E-state index contributed by atoms with van der Waals surface area (Å²) >= 11 is 10.9. The van der Waals surface area contributed by atoms with Gasteiger partial charge in [-0.2, -0.15) is 4.57 Å². The summed E-state index contributed by atoms with van der Waals surface area (Å²) in [5.41, 5.74) is 1.51. The van der Waals surface area contributed by atoms with E-state index in [0.29, 0.717) is 15.6 Å². The van der Waals surface area contributed by atoms with Crippen LogP contribution in [0.15, 0.2) is 60.4 Å². The second-order valence-electron chi connectivity index (χ2n) is 5.19. The van der Waals surface area contributed by atoms with Gasteiger partial charge >= 0.3 is 0 Å². The highest BCUT2D eigenvalue weighted by atomic mass is 32.1. The Bertz CT molecular complexity index is 811. The Hall–Kier alpha value is -2.40. The van der Waals surface area contributed by atoms with Crippen molar-refractivity contribution in [2.75, 3.05) is 0 Å². The molecule has 3 N–H and O–H groups in total. The molecule has 0 amide bonds. The van der Waals surface area contributed by atoms with Crippen LogP contribution in [0.25, 0.3) is 0 Å². The van der Waals surface area contributed by atoms with Crippen LogP contribution in [0.3, 0.4) is 0 Å². The van der Waals surface area contributed by atoms with Crippen LogP contribution in [-0.2, 0) is 0 Å². The van der Waals surface area contributed by atoms with Crippen molar-refractivity contribution in [2.24, 2.45) is 0 Å². The first-order valence-electron chi connectivity index (χ1n) is 7.01. The van der Waals surface area contributed by atoms with Gasteiger partial charge in [0.15, 0.2) is 17.4 Å². The van der Waals surface area contributed by atoms with Crippen LogP contribution < -0.4 is 9.88 Å². The molecule has 0 unspecified atom stereocenters. The maximum absolute atomic E-state index is 9.54. The molecule has 1 saturated heterocycles. The second kappa shape index (κ2) is 6.38. The van der Waals surface area contributed by atoms with Gasteiger partial charge in [0, 0.05) is 12.1 Å². The number of pyridine rings is 1. The van der Waals surface area contributed by atoms with E-state index in [4.69, 9.17) is 29.8 Å². The normalized spacial score (nSPS) is 20.8. The fourth-order valence-electron chi connectivity index (χ4n) is 2.77. The van der Waals surface area contributed by atoms with Gasteiger partial charge in [-0.1, -0.05) is 42.6 Å². The lowest BCUT2D eigenvalue weighted by atomic mass is 9.82. The molecular formula is C17H14N3OS2+. The first-order chi connectivity index (χ1) is 11.1. The van der Waals surface area contributed by atoms with Crippen molar-refractivity contribution in [1.82, 2.24) is 5.32 Å². The molecular weight excluding hydrogens is 326 g/mol. The van der Waals surface area contributed by atoms with Crippen molar-refractivity contribution < 1.29 is 9.67 Å². The average Bonchev–Trinajstić information content (AvgIpc) is 2.56. The Morgan fingerprint density at radius 1 is 1.09 bits per heavy atom. The molecule has 2 heterocycles. The van der Waals surface area contributed by atoms with Crippen LogP contribution in [0.2, 0.25) is 0 Å². The summed E-state index contributed by atoms with van der Waals surface area (Å²) in [4.78, 5) is 1.03. The van der Waals surface area contributed by atoms with Crippen molar-refractivity contribution in [3.05, 3.63) is 66.0 Å². The van der Waals surface area contributed by atoms with Crippen LogP contribution >= 0.6 is 24.4 Å². The third-order valence-corrected chi connectivity index (χ3v) is 4.49. The van der Waals surface area contributed by atoms with Crippen molar-refractivity contribution >= 4 is 40.3 Å². The molecule has 0 radical (unpaired) electrons. The lowest BCUT2D eigenvalue weighted by Crippen LogP contribution is -2.55. The standard InChI is InChI=1S/C17H13N3OS2/c18-10-13-14(11-4-6-12(21)7-5-11)15(17(23)19-16(13)22)20-8-2-1-3-9-20/h1-9,14-15,18H,(H-,19,21,22,23)/p+1/t14-,15+/m1/s1. The van der Waals surface area contributed by atoms with Crippen molar-refractivity contribution in [3.63, 3.8) is 0 Å². The van der Waals surface area contributed by atoms with Gasteiger partial charge in [-0.3, -0.25) is 5.41 Å². The molecule has 2 aromatic rings. The zero-order valence-electron chi connectivity index (χ0n) is 12.1. The predicted molar refractivity (Wildman–Crippen MR) is 96.1 cm³/mol. The number of phenolic OH excluding ortho intramolecular Hbond substituents is 1. The van der Waals surface area contributed by atoms with E-state index >= 15 is 0 Å². The summed E-state index contributed by atoms with van der Waals surface area (Å²) < 4.78 is 1.99. The fraction of sp³-hybridized carbons (Fsp3) is 0.118. The quantitative estimate of drug-likeness (QED) is 0.340. The number of phenols is 1. The van der Waals surface area contributed by atoms with Gasteiger partial charge in [0.1, 0.15) is 10.7 Å². The van der Waals surface area contributed by atoms with Crippen LogP contribution in [0, 0.1) is 5.41 Å². The lowest BCUT2D eigenvalue weighted by molar-refractivity contribution is -0.708. The third kappa shape index (κ3) is 2.92. The van der Waals surface area contributed by atoms with Gasteiger partial charge in [0.05, 0.1) is 11.5 Å². The smallest absolute Gasteiger partial charge is 0.219 e. The number of thiocarbonyl (C=S) groups is 2. The highest BCUT2D eigenvalue weighted by Crippen LogP contribution is 2.36. The van der Waals surface area contributed by atoms with Crippen molar-refractivity contribution in [1.29, 1.82) is 5.41 Å². The third-order valence-electron chi connectivity index (χ3n) is 3.82. The molecule has 1 aliphatic heterocycles. The zero-order valence-corrected chi connectivity index (χ0v) is 13.7. The molecule has 2 atom stereocenters. The van der Waals surface area contributed by atoms with Crippen LogP contribution in [0.5, 0.6) is 5.75 Å². The maximum Gasteiger partial charge on any atom is 0.219 e. The minimum atomic E-state index is -0.234. The Morgan fingerprint density at radius 3 is 2.35 bits per heavy atom. The van der Waals surface area contributed by atoms with E-state index in [-0.39, 0.29) is 17.7 Å². The predicted octanol–water partition coefficient (Wildman–Crippen LogP) is 2.44. The van der Waals surface area contributed by atoms with E-state index in [9.17, 15) is 5.11 Å². The van der Waals surface area contributed by atoms with E-state index in [0.717, 1.165) is 5.56 Å². The van der Waals surface area contributed by atoms with E-state index in [2.05, 4.69) is 11.2 Å². The molecule has 1 fully saturated rings. The Kier molecular flexibility index (Phi) is 4.30. The molecule has 0 saturated carbocycles. The highest BCUT2D eigenvalue weighted by Gasteiger charge is 2.43. The number of nitrogens with zero attached hydrogens (tertiary/aromatic N) is 1. The largest absolute Gasteiger partial charge is 0.508 e. The van der Waals surface area contributed by atoms with Gasteiger partial charge in [-0.15, -0.1) is 0 Å². The molecule has 3 rings (SSSR count). The van der Waals surface area contributed by atoms with Gasteiger partial charge in [-0.25, -0.2) is 0 Å². The molecule has 1 aliphatic rings. The summed E-state index contributed by atoms with van der Waals surface area (Å²) in [6.07, 6.45) is 3.87. The summed E-state index contributed by atoms with van der Waals surface area (Å²) in [6, 6.07) is 12.5. The number of benzene rings is 1. The zero-order chi connectivity index (χ0) is 16.4. The minimum absolute atomic E-state index is 0.192. The SMILES string of the molecule is N=C=C1C(=S)NC(=S)[C@@H]([n+]2ccccc2)[C@@H]1c1ccc(O)cc1. The van der Waals surface area contributed by atoms with E-state index < -0.39 is 0 Å². The first-order valence-corrected chi connectivity index (χ1v) is 7.83. The lowest BCUT2D eigenvalue weighted by Gasteiger charge is -2.31. The topological polar surface area (TPSA) is 60.0 Å². The van der Waals surface area contributed by atoms with Crippen LogP contribution in [0.1, 0.15) is 17.5 Å². The number of aromatic nitrogens is 1. The summed E-state index contributed by atoms with van der Waals surface area (Å²) in [5, 5.41) is 20.2. The summed E-state index contributed by atoms with van der Waals surface area (Å²) in [7, 11) is 0. The van der Waals surface area contributed by atoms with Crippen molar-refractivity contribution in [3.8, 4) is 5.75 Å². The molecule has 0 spiro atoms. The Labute approximate surface area is 144 Å². The number of rotatable bonds is 2. The molecule has 1 aromatic carbocycles. The molecule has 0 bridgehead atoms. The molecule has 23 heavy (non-hydrogen) atoms. The van der Waals surface area contributed by atoms with Gasteiger partial charge < -0.3 is 10.4 Å².